The minimum absolute atomic E-state index is 0.00608. The molecule has 0 spiro atoms. The number of amides is 1. The van der Waals surface area contributed by atoms with Crippen molar-refractivity contribution in [2.75, 3.05) is 33.1 Å². The normalized spacial score (nSPS) is 10.9. The molecule has 4 rings (SSSR count). The smallest absolute Gasteiger partial charge is 0.259 e. The summed E-state index contributed by atoms with van der Waals surface area (Å²) in [7, 11) is 5.05. The number of anilines is 1. The molecule has 2 aromatic heterocycles. The first-order valence-electron chi connectivity index (χ1n) is 10.5. The predicted octanol–water partition coefficient (Wildman–Crippen LogP) is 4.58. The Hall–Kier alpha value is -3.49. The molecular weight excluding hydrogens is 436 g/mol. The number of ether oxygens (including phenoxy) is 2. The molecule has 0 fully saturated rings. The molecule has 0 saturated heterocycles. The number of methoxy groups -OCH3 is 1. The van der Waals surface area contributed by atoms with Crippen molar-refractivity contribution in [3.8, 4) is 16.9 Å². The molecule has 2 aromatic carbocycles. The molecule has 1 N–H and O–H groups in total. The van der Waals surface area contributed by atoms with Crippen molar-refractivity contribution in [2.45, 2.75) is 13.2 Å². The molecule has 0 aliphatic carbocycles. The molecule has 4 aromatic rings. The second-order valence-electron chi connectivity index (χ2n) is 7.69. The number of benzene rings is 2. The van der Waals surface area contributed by atoms with Crippen molar-refractivity contribution in [3.05, 3.63) is 71.4 Å². The summed E-state index contributed by atoms with van der Waals surface area (Å²) in [6, 6.07) is 17.9. The van der Waals surface area contributed by atoms with E-state index >= 15 is 0 Å². The molecule has 0 aliphatic heterocycles. The van der Waals surface area contributed by atoms with Crippen molar-refractivity contribution in [1.29, 1.82) is 0 Å². The number of hydrogen-bond acceptors (Lipinski definition) is 7. The van der Waals surface area contributed by atoms with E-state index < -0.39 is 0 Å². The van der Waals surface area contributed by atoms with Gasteiger partial charge < -0.3 is 19.7 Å². The van der Waals surface area contributed by atoms with E-state index in [1.165, 1.54) is 4.90 Å². The highest BCUT2D eigenvalue weighted by Crippen LogP contribution is 2.37. The van der Waals surface area contributed by atoms with Gasteiger partial charge in [0.2, 0.25) is 0 Å². The van der Waals surface area contributed by atoms with Gasteiger partial charge in [0, 0.05) is 38.7 Å². The maximum Gasteiger partial charge on any atom is 0.259 e. The topological polar surface area (TPSA) is 76.6 Å². The fourth-order valence-electron chi connectivity index (χ4n) is 3.34. The number of carbonyl (C=O) groups is 1. The highest BCUT2D eigenvalue weighted by atomic mass is 32.1. The van der Waals surface area contributed by atoms with Gasteiger partial charge >= 0.3 is 0 Å². The summed E-state index contributed by atoms with van der Waals surface area (Å²) in [5.41, 5.74) is 3.23. The molecule has 1 amide bonds. The number of nitrogens with zero attached hydrogens (tertiary/aromatic N) is 3. The van der Waals surface area contributed by atoms with Crippen LogP contribution in [0, 0.1) is 0 Å². The van der Waals surface area contributed by atoms with Crippen molar-refractivity contribution in [2.24, 2.45) is 0 Å². The molecule has 0 atom stereocenters. The molecular formula is C25H26N4O3S. The van der Waals surface area contributed by atoms with E-state index in [2.05, 4.69) is 27.8 Å². The Morgan fingerprint density at radius 2 is 1.91 bits per heavy atom. The van der Waals surface area contributed by atoms with Gasteiger partial charge in [0.1, 0.15) is 23.0 Å². The van der Waals surface area contributed by atoms with Crippen LogP contribution in [0.5, 0.6) is 5.75 Å². The molecule has 0 radical (unpaired) electrons. The molecule has 0 aliphatic rings. The van der Waals surface area contributed by atoms with Crippen LogP contribution in [0.4, 0.5) is 5.82 Å². The third kappa shape index (κ3) is 5.47. The van der Waals surface area contributed by atoms with E-state index in [1.54, 1.807) is 32.5 Å². The lowest BCUT2D eigenvalue weighted by Crippen LogP contribution is -2.27. The third-order valence-electron chi connectivity index (χ3n) is 5.06. The number of fused-ring (bicyclic) bond motifs is 1. The second kappa shape index (κ2) is 10.4. The minimum atomic E-state index is -0.0847. The molecule has 0 bridgehead atoms. The summed E-state index contributed by atoms with van der Waals surface area (Å²) in [5.74, 6) is 1.96. The summed E-state index contributed by atoms with van der Waals surface area (Å²) in [6.45, 7) is 0.889. The first-order chi connectivity index (χ1) is 16.0. The Bertz CT molecular complexity index is 1240. The lowest BCUT2D eigenvalue weighted by atomic mass is 10.1. The molecule has 8 heteroatoms. The van der Waals surface area contributed by atoms with Crippen LogP contribution < -0.4 is 10.1 Å². The monoisotopic (exact) mass is 462 g/mol. The highest BCUT2D eigenvalue weighted by Gasteiger charge is 2.15. The lowest BCUT2D eigenvalue weighted by Gasteiger charge is -2.13. The van der Waals surface area contributed by atoms with Gasteiger partial charge in [-0.3, -0.25) is 4.79 Å². The number of thiophene rings is 1. The number of likely N-dealkylation sites (N-methyl/N-ethyl adjacent to an activating group) is 1. The first-order valence-corrected chi connectivity index (χ1v) is 11.4. The Morgan fingerprint density at radius 3 is 2.67 bits per heavy atom. The van der Waals surface area contributed by atoms with Crippen LogP contribution in [0.2, 0.25) is 0 Å². The fraction of sp³-hybridized carbons (Fsp3) is 0.240. The quantitative estimate of drug-likeness (QED) is 0.392. The zero-order chi connectivity index (χ0) is 23.2. The van der Waals surface area contributed by atoms with Crippen molar-refractivity contribution in [3.63, 3.8) is 0 Å². The van der Waals surface area contributed by atoms with Crippen molar-refractivity contribution < 1.29 is 14.3 Å². The number of nitrogens with one attached hydrogen (secondary N) is 1. The number of aromatic nitrogens is 2. The fourth-order valence-corrected chi connectivity index (χ4v) is 4.31. The van der Waals surface area contributed by atoms with E-state index in [-0.39, 0.29) is 12.5 Å². The van der Waals surface area contributed by atoms with Crippen molar-refractivity contribution >= 4 is 33.3 Å². The van der Waals surface area contributed by atoms with Gasteiger partial charge in [-0.2, -0.15) is 0 Å². The summed E-state index contributed by atoms with van der Waals surface area (Å²) in [5, 5.41) is 6.59. The van der Waals surface area contributed by atoms with Crippen LogP contribution in [0.1, 0.15) is 11.4 Å². The first kappa shape index (κ1) is 22.7. The summed E-state index contributed by atoms with van der Waals surface area (Å²) in [6.07, 6.45) is 0. The van der Waals surface area contributed by atoms with Gasteiger partial charge in [-0.25, -0.2) is 9.97 Å². The van der Waals surface area contributed by atoms with E-state index in [0.717, 1.165) is 32.7 Å². The average molecular weight is 463 g/mol. The lowest BCUT2D eigenvalue weighted by molar-refractivity contribution is -0.130. The molecule has 7 nitrogen and oxygen atoms in total. The van der Waals surface area contributed by atoms with Crippen LogP contribution in [-0.2, 0) is 22.7 Å². The van der Waals surface area contributed by atoms with Crippen LogP contribution in [0.15, 0.2) is 60.0 Å². The van der Waals surface area contributed by atoms with Gasteiger partial charge in [-0.05, 0) is 23.3 Å². The number of hydrogen-bond donors (Lipinski definition) is 1. The van der Waals surface area contributed by atoms with E-state index in [0.29, 0.717) is 24.7 Å². The van der Waals surface area contributed by atoms with Crippen molar-refractivity contribution in [1.82, 2.24) is 14.9 Å². The van der Waals surface area contributed by atoms with Crippen LogP contribution in [0.25, 0.3) is 21.3 Å². The van der Waals surface area contributed by atoms with Crippen LogP contribution in [-0.4, -0.2) is 48.6 Å². The van der Waals surface area contributed by atoms with E-state index in [9.17, 15) is 4.79 Å². The molecule has 170 valence electrons. The average Bonchev–Trinajstić information content (AvgIpc) is 3.26. The maximum atomic E-state index is 11.8. The van der Waals surface area contributed by atoms with Gasteiger partial charge in [0.25, 0.3) is 5.91 Å². The largest absolute Gasteiger partial charge is 0.484 e. The van der Waals surface area contributed by atoms with E-state index in [4.69, 9.17) is 14.5 Å². The van der Waals surface area contributed by atoms with Gasteiger partial charge in [0.05, 0.1) is 5.39 Å². The zero-order valence-electron chi connectivity index (χ0n) is 18.9. The Kier molecular flexibility index (Phi) is 7.16. The highest BCUT2D eigenvalue weighted by molar-refractivity contribution is 7.17. The number of carbonyl (C=O) groups excluding carboxylic acids is 1. The second-order valence-corrected chi connectivity index (χ2v) is 8.55. The SMILES string of the molecule is COCc1nc(NCc2cccc(OCC(=O)N(C)C)c2)c2c(-c3ccccc3)csc2n1. The predicted molar refractivity (Wildman–Crippen MR) is 132 cm³/mol. The Labute approximate surface area is 197 Å². The van der Waals surface area contributed by atoms with Crippen LogP contribution >= 0.6 is 11.3 Å². The summed E-state index contributed by atoms with van der Waals surface area (Å²) < 4.78 is 10.9. The molecule has 0 unspecified atom stereocenters. The summed E-state index contributed by atoms with van der Waals surface area (Å²) >= 11 is 1.60. The zero-order valence-corrected chi connectivity index (χ0v) is 19.7. The van der Waals surface area contributed by atoms with Crippen LogP contribution in [0.3, 0.4) is 0 Å². The minimum Gasteiger partial charge on any atom is -0.484 e. The van der Waals surface area contributed by atoms with Gasteiger partial charge in [-0.15, -0.1) is 11.3 Å². The number of rotatable bonds is 9. The molecule has 0 saturated carbocycles. The third-order valence-corrected chi connectivity index (χ3v) is 5.93. The van der Waals surface area contributed by atoms with Gasteiger partial charge in [-0.1, -0.05) is 42.5 Å². The maximum absolute atomic E-state index is 11.8. The van der Waals surface area contributed by atoms with E-state index in [1.807, 2.05) is 42.5 Å². The van der Waals surface area contributed by atoms with Gasteiger partial charge in [0.15, 0.2) is 12.4 Å². The Morgan fingerprint density at radius 1 is 1.09 bits per heavy atom. The molecule has 33 heavy (non-hydrogen) atoms. The summed E-state index contributed by atoms with van der Waals surface area (Å²) in [4.78, 5) is 23.7. The molecule has 2 heterocycles. The Balaban J connectivity index is 1.60. The standard InChI is InChI=1S/C25H26N4O3S/c1-29(2)22(30)15-32-19-11-7-8-17(12-19)13-26-24-23-20(18-9-5-4-6-10-18)16-33-25(23)28-21(27-24)14-31-3/h4-12,16H,13-15H2,1-3H3,(H,26,27,28).